The van der Waals surface area contributed by atoms with Crippen molar-refractivity contribution in [3.05, 3.63) is 231 Å². The van der Waals surface area contributed by atoms with Crippen LogP contribution in [-0.4, -0.2) is 27.2 Å². The summed E-state index contributed by atoms with van der Waals surface area (Å²) in [5.41, 5.74) is 12.4. The van der Waals surface area contributed by atoms with Gasteiger partial charge in [0, 0.05) is 49.6 Å². The number of benzene rings is 9. The number of hydrogen-bond acceptors (Lipinski definition) is 2. The molecular weight excluding hydrogens is 781 g/mol. The molecule has 0 amide bonds. The summed E-state index contributed by atoms with van der Waals surface area (Å²) in [6.45, 7) is 0. The fourth-order valence-corrected chi connectivity index (χ4v) is 15.6. The highest BCUT2D eigenvalue weighted by Crippen LogP contribution is 2.43. The maximum atomic E-state index is 5.67. The number of aromatic nitrogens is 4. The molecule has 0 aliphatic carbocycles. The van der Waals surface area contributed by atoms with Crippen molar-refractivity contribution >= 4 is 72.6 Å². The van der Waals surface area contributed by atoms with Crippen LogP contribution in [-0.2, 0) is 0 Å². The molecule has 0 N–H and O–H groups in total. The van der Waals surface area contributed by atoms with Crippen molar-refractivity contribution in [2.75, 3.05) is 0 Å². The predicted octanol–water partition coefficient (Wildman–Crippen LogP) is 11.4. The van der Waals surface area contributed by atoms with Gasteiger partial charge in [0.2, 0.25) is 8.07 Å². The van der Waals surface area contributed by atoms with Crippen molar-refractivity contribution in [2.24, 2.45) is 0 Å². The van der Waals surface area contributed by atoms with E-state index in [1.165, 1.54) is 64.7 Å². The summed E-state index contributed by atoms with van der Waals surface area (Å²) in [5, 5.41) is 10.1. The van der Waals surface area contributed by atoms with Gasteiger partial charge in [-0.1, -0.05) is 182 Å². The minimum absolute atomic E-state index is 0.742. The van der Waals surface area contributed by atoms with Gasteiger partial charge in [-0.15, -0.1) is 0 Å². The highest BCUT2D eigenvalue weighted by Gasteiger charge is 2.51. The third-order valence-electron chi connectivity index (χ3n) is 13.2. The van der Waals surface area contributed by atoms with E-state index in [0.717, 1.165) is 44.9 Å². The van der Waals surface area contributed by atoms with Crippen molar-refractivity contribution < 1.29 is 0 Å². The molecule has 4 nitrogen and oxygen atoms in total. The van der Waals surface area contributed by atoms with E-state index in [0.29, 0.717) is 0 Å². The van der Waals surface area contributed by atoms with Gasteiger partial charge in [0.15, 0.2) is 5.82 Å². The average Bonchev–Trinajstić information content (AvgIpc) is 3.99. The Morgan fingerprint density at radius 3 is 1.41 bits per heavy atom. The Kier molecular flexibility index (Phi) is 7.89. The summed E-state index contributed by atoms with van der Waals surface area (Å²) in [6.07, 6.45) is 0. The molecule has 1 aliphatic rings. The second-order valence-electron chi connectivity index (χ2n) is 16.5. The minimum Gasteiger partial charge on any atom is -0.309 e. The van der Waals surface area contributed by atoms with E-state index in [-0.39, 0.29) is 0 Å². The zero-order valence-electron chi connectivity index (χ0n) is 34.2. The molecule has 5 heteroatoms. The zero-order chi connectivity index (χ0) is 41.5. The molecular formula is C58H38N4Si. The fourth-order valence-electron chi connectivity index (χ4n) is 10.6. The molecule has 12 aromatic rings. The molecule has 294 valence electrons. The molecule has 0 bridgehead atoms. The minimum atomic E-state index is -2.89. The lowest BCUT2D eigenvalue weighted by Gasteiger charge is -2.30. The standard InChI is InChI=1S/C58H38N4Si/c1-5-19-40(20-6-1)57-59-56(55-47-29-15-18-32-52(47)63(58(55)60-57,43-23-9-3-10-24-43)44-25-11-4-12-26-44)39-33-35-42(36-34-39)62-49-31-17-14-28-46(49)54-51(62)38-37-50-53(54)45-27-13-16-30-48(45)61(50)41-21-7-2-8-22-41/h1-38H. The van der Waals surface area contributed by atoms with Crippen molar-refractivity contribution in [3.63, 3.8) is 0 Å². The molecule has 0 saturated heterocycles. The molecule has 0 radical (unpaired) electrons. The van der Waals surface area contributed by atoms with E-state index >= 15 is 0 Å². The summed E-state index contributed by atoms with van der Waals surface area (Å²) in [6, 6.07) is 83.7. The van der Waals surface area contributed by atoms with Gasteiger partial charge in [-0.2, -0.15) is 0 Å². The van der Waals surface area contributed by atoms with Crippen LogP contribution in [0, 0.1) is 0 Å². The summed E-state index contributed by atoms with van der Waals surface area (Å²) >= 11 is 0. The van der Waals surface area contributed by atoms with Gasteiger partial charge in [0.25, 0.3) is 0 Å². The van der Waals surface area contributed by atoms with Gasteiger partial charge in [0.1, 0.15) is 0 Å². The lowest BCUT2D eigenvalue weighted by atomic mass is 10.00. The van der Waals surface area contributed by atoms with Crippen molar-refractivity contribution in [1.29, 1.82) is 0 Å². The first-order valence-electron chi connectivity index (χ1n) is 21.6. The third-order valence-corrected chi connectivity index (χ3v) is 17.9. The average molecular weight is 819 g/mol. The molecule has 13 rings (SSSR count). The van der Waals surface area contributed by atoms with Gasteiger partial charge < -0.3 is 9.13 Å². The van der Waals surface area contributed by atoms with Gasteiger partial charge in [0.05, 0.1) is 33.1 Å². The van der Waals surface area contributed by atoms with Gasteiger partial charge in [-0.25, -0.2) is 9.97 Å². The Bertz CT molecular complexity index is 3670. The Hall–Kier alpha value is -8.12. The normalized spacial score (nSPS) is 12.9. The number of para-hydroxylation sites is 3. The molecule has 3 aromatic heterocycles. The van der Waals surface area contributed by atoms with Crippen LogP contribution in [0.5, 0.6) is 0 Å². The second kappa shape index (κ2) is 14.0. The van der Waals surface area contributed by atoms with Gasteiger partial charge >= 0.3 is 0 Å². The maximum absolute atomic E-state index is 5.67. The number of nitrogens with zero attached hydrogens (tertiary/aromatic N) is 4. The molecule has 9 aromatic carbocycles. The van der Waals surface area contributed by atoms with Crippen molar-refractivity contribution in [2.45, 2.75) is 0 Å². The molecule has 63 heavy (non-hydrogen) atoms. The van der Waals surface area contributed by atoms with Crippen LogP contribution in [0.1, 0.15) is 0 Å². The van der Waals surface area contributed by atoms with E-state index in [9.17, 15) is 0 Å². The van der Waals surface area contributed by atoms with Crippen LogP contribution < -0.4 is 20.9 Å². The lowest BCUT2D eigenvalue weighted by molar-refractivity contribution is 1.17. The van der Waals surface area contributed by atoms with Crippen LogP contribution in [0.25, 0.3) is 88.8 Å². The highest BCUT2D eigenvalue weighted by molar-refractivity contribution is 7.21. The van der Waals surface area contributed by atoms with Crippen LogP contribution >= 0.6 is 0 Å². The van der Waals surface area contributed by atoms with Crippen molar-refractivity contribution in [3.8, 4) is 45.1 Å². The summed E-state index contributed by atoms with van der Waals surface area (Å²) in [4.78, 5) is 11.2. The topological polar surface area (TPSA) is 35.6 Å². The lowest BCUT2D eigenvalue weighted by Crippen LogP contribution is -2.73. The Balaban J connectivity index is 1.05. The van der Waals surface area contributed by atoms with E-state index < -0.39 is 8.07 Å². The predicted molar refractivity (Wildman–Crippen MR) is 264 cm³/mol. The zero-order valence-corrected chi connectivity index (χ0v) is 35.2. The van der Waals surface area contributed by atoms with Gasteiger partial charge in [-0.3, -0.25) is 0 Å². The molecule has 0 unspecified atom stereocenters. The molecule has 0 atom stereocenters. The number of hydrogen-bond donors (Lipinski definition) is 0. The van der Waals surface area contributed by atoms with E-state index in [2.05, 4.69) is 240 Å². The molecule has 0 spiro atoms. The second-order valence-corrected chi connectivity index (χ2v) is 20.1. The Morgan fingerprint density at radius 2 is 0.825 bits per heavy atom. The van der Waals surface area contributed by atoms with Crippen LogP contribution in [0.4, 0.5) is 0 Å². The maximum Gasteiger partial charge on any atom is 0.203 e. The van der Waals surface area contributed by atoms with Crippen LogP contribution in [0.2, 0.25) is 0 Å². The van der Waals surface area contributed by atoms with Crippen LogP contribution in [0.15, 0.2) is 231 Å². The van der Waals surface area contributed by atoms with Crippen LogP contribution in [0.3, 0.4) is 0 Å². The summed E-state index contributed by atoms with van der Waals surface area (Å²) in [5.74, 6) is 0.742. The molecule has 0 saturated carbocycles. The summed E-state index contributed by atoms with van der Waals surface area (Å²) < 4.78 is 4.83. The highest BCUT2D eigenvalue weighted by atomic mass is 28.3. The smallest absolute Gasteiger partial charge is 0.203 e. The van der Waals surface area contributed by atoms with E-state index in [1.807, 2.05) is 0 Å². The van der Waals surface area contributed by atoms with Crippen molar-refractivity contribution in [1.82, 2.24) is 19.1 Å². The van der Waals surface area contributed by atoms with E-state index in [4.69, 9.17) is 9.97 Å². The first-order chi connectivity index (χ1) is 31.3. The molecule has 1 aliphatic heterocycles. The Labute approximate surface area is 365 Å². The first-order valence-corrected chi connectivity index (χ1v) is 23.6. The molecule has 0 fully saturated rings. The monoisotopic (exact) mass is 818 g/mol. The first kappa shape index (κ1) is 35.6. The summed E-state index contributed by atoms with van der Waals surface area (Å²) in [7, 11) is -2.89. The van der Waals surface area contributed by atoms with Gasteiger partial charge in [-0.05, 0) is 69.7 Å². The third kappa shape index (κ3) is 5.14. The fraction of sp³-hybridized carbons (Fsp3) is 0. The quantitative estimate of drug-likeness (QED) is 0.157. The van der Waals surface area contributed by atoms with E-state index in [1.54, 1.807) is 0 Å². The Morgan fingerprint density at radius 1 is 0.349 bits per heavy atom. The SMILES string of the molecule is c1ccc(-c2nc(-c3ccc(-n4c5ccccc5c5c6c7ccccc7n(-c7ccccc7)c6ccc54)cc3)c3c(n2)[Si](c2ccccc2)(c2ccccc2)c2ccccc2-3)cc1. The molecule has 4 heterocycles. The number of rotatable bonds is 6. The number of fused-ring (bicyclic) bond motifs is 10. The largest absolute Gasteiger partial charge is 0.309 e.